The Kier molecular flexibility index (Phi) is 4.97. The van der Waals surface area contributed by atoms with Crippen LogP contribution in [0.25, 0.3) is 0 Å². The van der Waals surface area contributed by atoms with Crippen LogP contribution in [0.2, 0.25) is 0 Å². The molecule has 1 saturated carbocycles. The fourth-order valence-electron chi connectivity index (χ4n) is 3.88. The summed E-state index contributed by atoms with van der Waals surface area (Å²) in [5.41, 5.74) is 1.96. The molecule has 1 N–H and O–H groups in total. The monoisotopic (exact) mass is 287 g/mol. The van der Waals surface area contributed by atoms with Crippen molar-refractivity contribution in [3.05, 3.63) is 35.9 Å². The van der Waals surface area contributed by atoms with E-state index in [0.29, 0.717) is 11.5 Å². The second-order valence-electron chi connectivity index (χ2n) is 6.82. The normalized spacial score (nSPS) is 22.9. The van der Waals surface area contributed by atoms with Crippen molar-refractivity contribution in [2.24, 2.45) is 5.92 Å². The molecular weight excluding hydrogens is 258 g/mol. The van der Waals surface area contributed by atoms with E-state index in [1.807, 2.05) is 0 Å². The minimum atomic E-state index is 0.411. The third-order valence-corrected chi connectivity index (χ3v) is 5.36. The fraction of sp³-hybridized carbons (Fsp3) is 0.684. The van der Waals surface area contributed by atoms with Gasteiger partial charge in [-0.3, -0.25) is 0 Å². The molecule has 0 aromatic heterocycles. The molecule has 0 radical (unpaired) electrons. The second-order valence-corrected chi connectivity index (χ2v) is 6.82. The van der Waals surface area contributed by atoms with Crippen LogP contribution in [-0.4, -0.2) is 25.8 Å². The lowest BCUT2D eigenvalue weighted by Gasteiger charge is -2.33. The van der Waals surface area contributed by atoms with Crippen LogP contribution >= 0.6 is 0 Å². The van der Waals surface area contributed by atoms with Crippen LogP contribution in [0.15, 0.2) is 30.3 Å². The zero-order valence-corrected chi connectivity index (χ0v) is 13.3. The van der Waals surface area contributed by atoms with Crippen LogP contribution in [0.3, 0.4) is 0 Å². The summed E-state index contributed by atoms with van der Waals surface area (Å²) in [6.07, 6.45) is 7.72. The highest BCUT2D eigenvalue weighted by molar-refractivity contribution is 5.34. The Balaban J connectivity index is 1.72. The molecule has 1 aliphatic heterocycles. The van der Waals surface area contributed by atoms with Gasteiger partial charge >= 0.3 is 0 Å². The Morgan fingerprint density at radius 1 is 1.19 bits per heavy atom. The van der Waals surface area contributed by atoms with Gasteiger partial charge in [0.05, 0.1) is 0 Å². The van der Waals surface area contributed by atoms with E-state index in [1.54, 1.807) is 5.56 Å². The van der Waals surface area contributed by atoms with Crippen molar-refractivity contribution in [1.29, 1.82) is 0 Å². The molecule has 1 aromatic rings. The van der Waals surface area contributed by atoms with Gasteiger partial charge in [-0.25, -0.2) is 0 Å². The maximum atomic E-state index is 5.53. The Hall–Kier alpha value is -0.860. The average molecular weight is 287 g/mol. The highest BCUT2D eigenvalue weighted by Gasteiger charge is 2.50. The molecule has 0 spiro atoms. The predicted molar refractivity (Wildman–Crippen MR) is 87.6 cm³/mol. The molecule has 21 heavy (non-hydrogen) atoms. The zero-order valence-electron chi connectivity index (χ0n) is 13.3. The first kappa shape index (κ1) is 15.1. The molecule has 1 heterocycles. The van der Waals surface area contributed by atoms with Gasteiger partial charge in [-0.2, -0.15) is 0 Å². The summed E-state index contributed by atoms with van der Waals surface area (Å²) in [7, 11) is 0. The summed E-state index contributed by atoms with van der Waals surface area (Å²) in [4.78, 5) is 0. The molecule has 1 unspecified atom stereocenters. The first-order chi connectivity index (χ1) is 10.3. The van der Waals surface area contributed by atoms with Crippen LogP contribution in [0.1, 0.15) is 51.0 Å². The molecule has 1 aromatic carbocycles. The van der Waals surface area contributed by atoms with E-state index >= 15 is 0 Å². The van der Waals surface area contributed by atoms with Gasteiger partial charge in [0.1, 0.15) is 0 Å². The quantitative estimate of drug-likeness (QED) is 0.821. The molecule has 2 aliphatic rings. The van der Waals surface area contributed by atoms with E-state index in [1.165, 1.54) is 38.5 Å². The van der Waals surface area contributed by atoms with Crippen molar-refractivity contribution < 1.29 is 4.74 Å². The molecule has 3 rings (SSSR count). The number of ether oxygens (including phenoxy) is 1. The van der Waals surface area contributed by atoms with Crippen molar-refractivity contribution in [3.63, 3.8) is 0 Å². The Labute approximate surface area is 129 Å². The van der Waals surface area contributed by atoms with Crippen molar-refractivity contribution in [2.75, 3.05) is 19.8 Å². The van der Waals surface area contributed by atoms with Crippen LogP contribution in [0.4, 0.5) is 0 Å². The lowest BCUT2D eigenvalue weighted by Crippen LogP contribution is -2.42. The molecule has 116 valence electrons. The first-order valence-corrected chi connectivity index (χ1v) is 8.72. The van der Waals surface area contributed by atoms with Gasteiger partial charge in [0, 0.05) is 24.7 Å². The Bertz CT molecular complexity index is 420. The second kappa shape index (κ2) is 6.93. The van der Waals surface area contributed by atoms with E-state index < -0.39 is 0 Å². The minimum Gasteiger partial charge on any atom is -0.381 e. The maximum absolute atomic E-state index is 5.53. The summed E-state index contributed by atoms with van der Waals surface area (Å²) >= 11 is 0. The lowest BCUT2D eigenvalue weighted by atomic mass is 9.80. The summed E-state index contributed by atoms with van der Waals surface area (Å²) in [5.74, 6) is 0.842. The van der Waals surface area contributed by atoms with Gasteiger partial charge in [0.2, 0.25) is 0 Å². The highest BCUT2D eigenvalue weighted by Crippen LogP contribution is 2.52. The van der Waals surface area contributed by atoms with Crippen LogP contribution < -0.4 is 5.32 Å². The van der Waals surface area contributed by atoms with Crippen molar-refractivity contribution in [1.82, 2.24) is 5.32 Å². The maximum Gasteiger partial charge on any atom is 0.0468 e. The molecule has 2 fully saturated rings. The molecular formula is C19H29NO. The minimum absolute atomic E-state index is 0.411. The van der Waals surface area contributed by atoms with Crippen LogP contribution in [-0.2, 0) is 10.2 Å². The topological polar surface area (TPSA) is 21.3 Å². The van der Waals surface area contributed by atoms with Crippen molar-refractivity contribution >= 4 is 0 Å². The Morgan fingerprint density at radius 3 is 2.52 bits per heavy atom. The van der Waals surface area contributed by atoms with Crippen LogP contribution in [0, 0.1) is 5.92 Å². The third kappa shape index (κ3) is 3.49. The highest BCUT2D eigenvalue weighted by atomic mass is 16.5. The van der Waals surface area contributed by atoms with E-state index in [2.05, 4.69) is 42.6 Å². The number of hydrogen-bond acceptors (Lipinski definition) is 2. The van der Waals surface area contributed by atoms with E-state index in [-0.39, 0.29) is 0 Å². The summed E-state index contributed by atoms with van der Waals surface area (Å²) < 4.78 is 5.53. The third-order valence-electron chi connectivity index (χ3n) is 5.36. The smallest absolute Gasteiger partial charge is 0.0468 e. The van der Waals surface area contributed by atoms with Gasteiger partial charge in [-0.05, 0) is 56.6 Å². The molecule has 2 nitrogen and oxygen atoms in total. The van der Waals surface area contributed by atoms with Crippen LogP contribution in [0.5, 0.6) is 0 Å². The van der Waals surface area contributed by atoms with Gasteiger partial charge in [0.25, 0.3) is 0 Å². The predicted octanol–water partition coefficient (Wildman–Crippen LogP) is 3.90. The standard InChI is InChI=1S/C19H29NO/c1-2-12-20-18(15-16-8-13-21-14-9-16)19(10-11-19)17-6-4-3-5-7-17/h3-7,16,18,20H,2,8-15H2,1H3. The Morgan fingerprint density at radius 2 is 1.90 bits per heavy atom. The van der Waals surface area contributed by atoms with E-state index in [9.17, 15) is 0 Å². The zero-order chi connectivity index (χ0) is 14.5. The van der Waals surface area contributed by atoms with Gasteiger partial charge < -0.3 is 10.1 Å². The van der Waals surface area contributed by atoms with E-state index in [0.717, 1.165) is 25.7 Å². The van der Waals surface area contributed by atoms with Gasteiger partial charge in [-0.15, -0.1) is 0 Å². The fourth-order valence-corrected chi connectivity index (χ4v) is 3.88. The summed E-state index contributed by atoms with van der Waals surface area (Å²) in [6, 6.07) is 11.8. The number of benzene rings is 1. The lowest BCUT2D eigenvalue weighted by molar-refractivity contribution is 0.0589. The van der Waals surface area contributed by atoms with Gasteiger partial charge in [0.15, 0.2) is 0 Å². The number of rotatable bonds is 7. The average Bonchev–Trinajstić information content (AvgIpc) is 3.35. The van der Waals surface area contributed by atoms with Crippen molar-refractivity contribution in [3.8, 4) is 0 Å². The molecule has 2 heteroatoms. The van der Waals surface area contributed by atoms with Gasteiger partial charge in [-0.1, -0.05) is 37.3 Å². The molecule has 0 bridgehead atoms. The van der Waals surface area contributed by atoms with E-state index in [4.69, 9.17) is 4.74 Å². The first-order valence-electron chi connectivity index (χ1n) is 8.72. The summed E-state index contributed by atoms with van der Waals surface area (Å²) in [5, 5.41) is 3.88. The molecule has 1 saturated heterocycles. The molecule has 1 atom stereocenters. The summed E-state index contributed by atoms with van der Waals surface area (Å²) in [6.45, 7) is 5.33. The largest absolute Gasteiger partial charge is 0.381 e. The SMILES string of the molecule is CCCNC(CC1CCOCC1)C1(c2ccccc2)CC1. The molecule has 1 aliphatic carbocycles. The van der Waals surface area contributed by atoms with Crippen molar-refractivity contribution in [2.45, 2.75) is 56.9 Å². The molecule has 0 amide bonds. The number of hydrogen-bond donors (Lipinski definition) is 1. The number of nitrogens with one attached hydrogen (secondary N) is 1.